The number of carboxylic acids is 1. The smallest absolute Gasteiger partial charge is 0.301 e. The molecule has 1 fully saturated rings. The van der Waals surface area contributed by atoms with Crippen molar-refractivity contribution < 1.29 is 14.7 Å². The molecule has 1 aromatic heterocycles. The van der Waals surface area contributed by atoms with Crippen LogP contribution in [0.25, 0.3) is 11.3 Å². The van der Waals surface area contributed by atoms with Crippen LogP contribution in [0.3, 0.4) is 0 Å². The molecule has 1 aliphatic rings. The lowest BCUT2D eigenvalue weighted by molar-refractivity contribution is -0.255. The van der Waals surface area contributed by atoms with E-state index in [1.54, 1.807) is 12.1 Å². The maximum Gasteiger partial charge on any atom is 0.301 e. The highest BCUT2D eigenvalue weighted by Crippen LogP contribution is 2.28. The summed E-state index contributed by atoms with van der Waals surface area (Å²) >= 11 is 1.31. The molecule has 9 heteroatoms. The van der Waals surface area contributed by atoms with Crippen molar-refractivity contribution in [1.82, 2.24) is 10.4 Å². The molecular formula is C20H14N5O3S-. The Labute approximate surface area is 169 Å². The normalized spacial score (nSPS) is 14.9. The SMILES string of the molecule is C=C1NN(c2nc(-c3ccccc3)cs2)C(=O)C1=NNc1cccc(C(=O)[O-])c1. The van der Waals surface area contributed by atoms with Crippen LogP contribution in [-0.2, 0) is 4.79 Å². The van der Waals surface area contributed by atoms with Crippen LogP contribution < -0.4 is 21.0 Å². The van der Waals surface area contributed by atoms with Crippen molar-refractivity contribution in [3.05, 3.63) is 77.8 Å². The van der Waals surface area contributed by atoms with E-state index in [4.69, 9.17) is 0 Å². The van der Waals surface area contributed by atoms with Gasteiger partial charge in [0, 0.05) is 10.9 Å². The van der Waals surface area contributed by atoms with Gasteiger partial charge in [0.1, 0.15) is 0 Å². The van der Waals surface area contributed by atoms with Gasteiger partial charge in [0.05, 0.1) is 23.0 Å². The number of nitrogens with zero attached hydrogens (tertiary/aromatic N) is 3. The van der Waals surface area contributed by atoms with E-state index in [9.17, 15) is 14.7 Å². The molecule has 2 N–H and O–H groups in total. The summed E-state index contributed by atoms with van der Waals surface area (Å²) < 4.78 is 0. The maximum absolute atomic E-state index is 12.8. The zero-order valence-electron chi connectivity index (χ0n) is 15.0. The van der Waals surface area contributed by atoms with Gasteiger partial charge in [-0.3, -0.25) is 15.6 Å². The lowest BCUT2D eigenvalue weighted by Gasteiger charge is -2.10. The molecule has 1 amide bonds. The van der Waals surface area contributed by atoms with E-state index in [1.807, 2.05) is 35.7 Å². The number of hydrazine groups is 1. The lowest BCUT2D eigenvalue weighted by Crippen LogP contribution is -2.34. The zero-order valence-corrected chi connectivity index (χ0v) is 15.8. The number of aromatic carboxylic acids is 1. The summed E-state index contributed by atoms with van der Waals surface area (Å²) in [5.41, 5.74) is 8.02. The molecule has 0 radical (unpaired) electrons. The number of benzene rings is 2. The number of carbonyl (C=O) groups is 2. The Morgan fingerprint density at radius 3 is 2.76 bits per heavy atom. The third kappa shape index (κ3) is 3.71. The van der Waals surface area contributed by atoms with Crippen molar-refractivity contribution in [2.45, 2.75) is 0 Å². The summed E-state index contributed by atoms with van der Waals surface area (Å²) in [7, 11) is 0. The van der Waals surface area contributed by atoms with Crippen LogP contribution >= 0.6 is 11.3 Å². The lowest BCUT2D eigenvalue weighted by atomic mass is 10.2. The highest BCUT2D eigenvalue weighted by Gasteiger charge is 2.34. The topological polar surface area (TPSA) is 110 Å². The molecule has 1 saturated heterocycles. The Balaban J connectivity index is 1.53. The first-order valence-electron chi connectivity index (χ1n) is 8.49. The van der Waals surface area contributed by atoms with Crippen LogP contribution in [-0.4, -0.2) is 22.6 Å². The molecule has 0 atom stereocenters. The fraction of sp³-hybridized carbons (Fsp3) is 0. The minimum atomic E-state index is -1.30. The molecule has 0 spiro atoms. The zero-order chi connectivity index (χ0) is 20.4. The molecular weight excluding hydrogens is 390 g/mol. The third-order valence-corrected chi connectivity index (χ3v) is 4.91. The van der Waals surface area contributed by atoms with Crippen molar-refractivity contribution in [3.63, 3.8) is 0 Å². The van der Waals surface area contributed by atoms with E-state index < -0.39 is 11.9 Å². The highest BCUT2D eigenvalue weighted by molar-refractivity contribution is 7.14. The second kappa shape index (κ2) is 7.56. The summed E-state index contributed by atoms with van der Waals surface area (Å²) in [6.07, 6.45) is 0. The monoisotopic (exact) mass is 404 g/mol. The predicted molar refractivity (Wildman–Crippen MR) is 109 cm³/mol. The fourth-order valence-electron chi connectivity index (χ4n) is 2.67. The molecule has 0 aliphatic carbocycles. The molecule has 2 aromatic carbocycles. The first kappa shape index (κ1) is 18.4. The average Bonchev–Trinajstić information content (AvgIpc) is 3.32. The highest BCUT2D eigenvalue weighted by atomic mass is 32.1. The molecule has 4 rings (SSSR count). The predicted octanol–water partition coefficient (Wildman–Crippen LogP) is 2.01. The van der Waals surface area contributed by atoms with Gasteiger partial charge in [-0.1, -0.05) is 49.0 Å². The summed E-state index contributed by atoms with van der Waals surface area (Å²) in [4.78, 5) is 28.2. The minimum absolute atomic E-state index is 0.00255. The Bertz CT molecular complexity index is 1140. The molecule has 3 aromatic rings. The maximum atomic E-state index is 12.8. The van der Waals surface area contributed by atoms with Gasteiger partial charge < -0.3 is 9.90 Å². The van der Waals surface area contributed by atoms with Crippen LogP contribution in [0, 0.1) is 0 Å². The second-order valence-electron chi connectivity index (χ2n) is 6.05. The van der Waals surface area contributed by atoms with Gasteiger partial charge in [-0.05, 0) is 17.7 Å². The Hall–Kier alpha value is -3.98. The molecule has 0 unspecified atom stereocenters. The van der Waals surface area contributed by atoms with Crippen LogP contribution in [0.5, 0.6) is 0 Å². The van der Waals surface area contributed by atoms with Crippen LogP contribution in [0.15, 0.2) is 77.4 Å². The van der Waals surface area contributed by atoms with Gasteiger partial charge in [0.15, 0.2) is 5.71 Å². The van der Waals surface area contributed by atoms with E-state index in [2.05, 4.69) is 27.5 Å². The summed E-state index contributed by atoms with van der Waals surface area (Å²) in [5.74, 6) is -1.72. The van der Waals surface area contributed by atoms with Crippen molar-refractivity contribution in [1.29, 1.82) is 0 Å². The minimum Gasteiger partial charge on any atom is -0.545 e. The quantitative estimate of drug-likeness (QED) is 0.630. The number of hydrogen-bond donors (Lipinski definition) is 2. The largest absolute Gasteiger partial charge is 0.545 e. The van der Waals surface area contributed by atoms with Gasteiger partial charge >= 0.3 is 5.91 Å². The molecule has 0 bridgehead atoms. The number of rotatable bonds is 5. The molecule has 8 nitrogen and oxygen atoms in total. The first-order chi connectivity index (χ1) is 14.0. The molecule has 29 heavy (non-hydrogen) atoms. The number of carbonyl (C=O) groups excluding carboxylic acids is 2. The number of amides is 1. The van der Waals surface area contributed by atoms with Crippen molar-refractivity contribution in [2.24, 2.45) is 5.10 Å². The number of nitrogens with one attached hydrogen (secondary N) is 2. The first-order valence-corrected chi connectivity index (χ1v) is 9.37. The number of aromatic nitrogens is 1. The number of hydrogen-bond acceptors (Lipinski definition) is 8. The molecule has 2 heterocycles. The van der Waals surface area contributed by atoms with Crippen molar-refractivity contribution in [3.8, 4) is 11.3 Å². The van der Waals surface area contributed by atoms with Crippen LogP contribution in [0.2, 0.25) is 0 Å². The van der Waals surface area contributed by atoms with Gasteiger partial charge in [-0.2, -0.15) is 10.1 Å². The average molecular weight is 404 g/mol. The van der Waals surface area contributed by atoms with Gasteiger partial charge in [0.2, 0.25) is 5.13 Å². The molecule has 1 aliphatic heterocycles. The van der Waals surface area contributed by atoms with Gasteiger partial charge in [-0.15, -0.1) is 11.3 Å². The van der Waals surface area contributed by atoms with Crippen LogP contribution in [0.1, 0.15) is 10.4 Å². The van der Waals surface area contributed by atoms with Crippen LogP contribution in [0.4, 0.5) is 10.8 Å². The molecule has 144 valence electrons. The summed E-state index contributed by atoms with van der Waals surface area (Å²) in [5, 5.41) is 18.6. The number of hydrazone groups is 1. The Kier molecular flexibility index (Phi) is 4.80. The standard InChI is InChI=1S/C20H15N5O3S/c1-12-17(23-22-15-9-5-8-14(10-15)19(27)28)18(26)25(24-12)20-21-16(11-29-20)13-6-3-2-4-7-13/h2-11,22,24H,1H2,(H,27,28)/p-1. The van der Waals surface area contributed by atoms with E-state index in [-0.39, 0.29) is 11.3 Å². The number of thiazole rings is 1. The number of carboxylic acid groups (broad SMARTS) is 1. The van der Waals surface area contributed by atoms with E-state index in [0.29, 0.717) is 16.5 Å². The summed E-state index contributed by atoms with van der Waals surface area (Å²) in [6, 6.07) is 15.6. The third-order valence-electron chi connectivity index (χ3n) is 4.09. The summed E-state index contributed by atoms with van der Waals surface area (Å²) in [6.45, 7) is 3.81. The van der Waals surface area contributed by atoms with Gasteiger partial charge in [0.25, 0.3) is 0 Å². The van der Waals surface area contributed by atoms with E-state index >= 15 is 0 Å². The Morgan fingerprint density at radius 1 is 1.21 bits per heavy atom. The second-order valence-corrected chi connectivity index (χ2v) is 6.89. The van der Waals surface area contributed by atoms with Gasteiger partial charge in [-0.25, -0.2) is 4.98 Å². The Morgan fingerprint density at radius 2 is 2.00 bits per heavy atom. The van der Waals surface area contributed by atoms with E-state index in [0.717, 1.165) is 11.3 Å². The van der Waals surface area contributed by atoms with Crippen molar-refractivity contribution in [2.75, 3.05) is 10.4 Å². The number of anilines is 2. The van der Waals surface area contributed by atoms with Crippen molar-refractivity contribution >= 4 is 39.7 Å². The van der Waals surface area contributed by atoms with E-state index in [1.165, 1.54) is 28.5 Å². The fourth-order valence-corrected chi connectivity index (χ4v) is 3.46. The molecule has 0 saturated carbocycles.